The zero-order valence-corrected chi connectivity index (χ0v) is 11.5. The summed E-state index contributed by atoms with van der Waals surface area (Å²) in [5.74, 6) is -0.145. The Bertz CT molecular complexity index is 524. The molecule has 2 N–H and O–H groups in total. The highest BCUT2D eigenvalue weighted by Crippen LogP contribution is 2.21. The summed E-state index contributed by atoms with van der Waals surface area (Å²) >= 11 is 0. The summed E-state index contributed by atoms with van der Waals surface area (Å²) in [6, 6.07) is 8.74. The molecular weight excluding hydrogens is 254 g/mol. The van der Waals surface area contributed by atoms with Crippen LogP contribution in [-0.2, 0) is 4.79 Å². The highest BCUT2D eigenvalue weighted by Gasteiger charge is 2.31. The number of carbonyl (C=O) groups excluding carboxylic acids is 1. The topological polar surface area (TPSA) is 76.4 Å². The molecule has 1 aliphatic heterocycles. The Labute approximate surface area is 118 Å². The van der Waals surface area contributed by atoms with Crippen molar-refractivity contribution in [3.05, 3.63) is 29.8 Å². The first kappa shape index (κ1) is 14.5. The number of aliphatic hydroxyl groups excluding tert-OH is 1. The lowest BCUT2D eigenvalue weighted by atomic mass is 10.1. The van der Waals surface area contributed by atoms with Crippen molar-refractivity contribution in [1.29, 1.82) is 5.26 Å². The first-order chi connectivity index (χ1) is 9.67. The number of benzene rings is 1. The van der Waals surface area contributed by atoms with Crippen molar-refractivity contribution in [2.45, 2.75) is 31.8 Å². The molecule has 0 bridgehead atoms. The van der Waals surface area contributed by atoms with Gasteiger partial charge in [0.1, 0.15) is 6.07 Å². The van der Waals surface area contributed by atoms with E-state index < -0.39 is 0 Å². The van der Waals surface area contributed by atoms with Crippen LogP contribution < -0.4 is 5.32 Å². The van der Waals surface area contributed by atoms with Crippen LogP contribution in [0.2, 0.25) is 0 Å². The fourth-order valence-corrected chi connectivity index (χ4v) is 2.64. The van der Waals surface area contributed by atoms with Crippen molar-refractivity contribution in [2.24, 2.45) is 0 Å². The molecule has 1 aromatic rings. The van der Waals surface area contributed by atoms with Crippen LogP contribution in [-0.4, -0.2) is 41.1 Å². The van der Waals surface area contributed by atoms with Gasteiger partial charge in [-0.1, -0.05) is 12.1 Å². The maximum Gasteiger partial charge on any atom is 0.241 e. The molecule has 0 spiro atoms. The number of hydrogen-bond acceptors (Lipinski definition) is 4. The van der Waals surface area contributed by atoms with Gasteiger partial charge in [0.05, 0.1) is 23.9 Å². The molecule has 2 rings (SSSR count). The number of hydrogen-bond donors (Lipinski definition) is 2. The number of carbonyl (C=O) groups is 1. The Hall–Kier alpha value is -1.90. The second kappa shape index (κ2) is 6.51. The van der Waals surface area contributed by atoms with Crippen LogP contribution in [0.5, 0.6) is 0 Å². The second-order valence-electron chi connectivity index (χ2n) is 5.04. The summed E-state index contributed by atoms with van der Waals surface area (Å²) in [6.07, 6.45) is 1.92. The quantitative estimate of drug-likeness (QED) is 0.868. The van der Waals surface area contributed by atoms with Gasteiger partial charge in [0.2, 0.25) is 5.91 Å². The van der Waals surface area contributed by atoms with Gasteiger partial charge in [-0.15, -0.1) is 0 Å². The molecule has 1 aromatic carbocycles. The van der Waals surface area contributed by atoms with Gasteiger partial charge >= 0.3 is 0 Å². The smallest absolute Gasteiger partial charge is 0.241 e. The minimum atomic E-state index is -0.318. The Morgan fingerprint density at radius 3 is 3.05 bits per heavy atom. The van der Waals surface area contributed by atoms with Crippen LogP contribution in [0.15, 0.2) is 24.3 Å². The molecule has 5 nitrogen and oxygen atoms in total. The van der Waals surface area contributed by atoms with Crippen LogP contribution in [0.4, 0.5) is 5.69 Å². The summed E-state index contributed by atoms with van der Waals surface area (Å²) in [6.45, 7) is 2.73. The largest absolute Gasteiger partial charge is 0.395 e. The molecule has 0 aliphatic carbocycles. The molecule has 0 saturated carbocycles. The van der Waals surface area contributed by atoms with Crippen LogP contribution in [0.1, 0.15) is 25.3 Å². The Kier molecular flexibility index (Phi) is 4.72. The third-order valence-corrected chi connectivity index (χ3v) is 3.82. The molecule has 1 heterocycles. The molecule has 2 unspecified atom stereocenters. The first-order valence-electron chi connectivity index (χ1n) is 6.84. The molecule has 1 saturated heterocycles. The van der Waals surface area contributed by atoms with Gasteiger partial charge in [0.25, 0.3) is 0 Å². The van der Waals surface area contributed by atoms with Crippen molar-refractivity contribution >= 4 is 11.6 Å². The molecule has 106 valence electrons. The van der Waals surface area contributed by atoms with Crippen LogP contribution >= 0.6 is 0 Å². The zero-order valence-electron chi connectivity index (χ0n) is 11.5. The molecule has 1 fully saturated rings. The van der Waals surface area contributed by atoms with Crippen molar-refractivity contribution in [3.8, 4) is 6.07 Å². The molecular formula is C15H19N3O2. The molecule has 1 amide bonds. The second-order valence-corrected chi connectivity index (χ2v) is 5.04. The molecule has 2 atom stereocenters. The number of amides is 1. The van der Waals surface area contributed by atoms with Gasteiger partial charge in [-0.05, 0) is 38.4 Å². The summed E-state index contributed by atoms with van der Waals surface area (Å²) in [5.41, 5.74) is 0.986. The lowest BCUT2D eigenvalue weighted by Gasteiger charge is -2.28. The highest BCUT2D eigenvalue weighted by molar-refractivity contribution is 5.95. The molecule has 0 radical (unpaired) electrons. The molecule has 0 aromatic heterocycles. The maximum absolute atomic E-state index is 12.3. The van der Waals surface area contributed by atoms with Crippen molar-refractivity contribution in [2.75, 3.05) is 18.5 Å². The van der Waals surface area contributed by atoms with E-state index in [0.717, 1.165) is 19.4 Å². The number of nitrogens with zero attached hydrogens (tertiary/aromatic N) is 2. The summed E-state index contributed by atoms with van der Waals surface area (Å²) in [4.78, 5) is 14.3. The van der Waals surface area contributed by atoms with Crippen LogP contribution in [0.25, 0.3) is 0 Å². The number of nitriles is 1. The van der Waals surface area contributed by atoms with E-state index >= 15 is 0 Å². The Balaban J connectivity index is 2.06. The fraction of sp³-hybridized carbons (Fsp3) is 0.467. The van der Waals surface area contributed by atoms with Gasteiger partial charge in [0, 0.05) is 6.04 Å². The number of nitrogens with one attached hydrogen (secondary N) is 1. The van der Waals surface area contributed by atoms with Gasteiger partial charge in [-0.3, -0.25) is 9.69 Å². The standard InChI is InChI=1S/C15H19N3O2/c1-11(18-8-4-6-13(18)10-19)15(20)17-14-7-3-2-5-12(14)9-16/h2-3,5,7,11,13,19H,4,6,8,10H2,1H3,(H,17,20). The average Bonchev–Trinajstić information content (AvgIpc) is 2.95. The molecule has 5 heteroatoms. The van der Waals surface area contributed by atoms with Gasteiger partial charge in [-0.2, -0.15) is 5.26 Å². The van der Waals surface area contributed by atoms with Crippen LogP contribution in [0, 0.1) is 11.3 Å². The lowest BCUT2D eigenvalue weighted by Crippen LogP contribution is -2.45. The monoisotopic (exact) mass is 273 g/mol. The summed E-state index contributed by atoms with van der Waals surface area (Å²) in [5, 5.41) is 21.1. The molecule has 20 heavy (non-hydrogen) atoms. The van der Waals surface area contributed by atoms with E-state index in [0.29, 0.717) is 11.3 Å². The average molecular weight is 273 g/mol. The number of rotatable bonds is 4. The maximum atomic E-state index is 12.3. The van der Waals surface area contributed by atoms with Crippen molar-refractivity contribution < 1.29 is 9.90 Å². The summed E-state index contributed by atoms with van der Waals surface area (Å²) < 4.78 is 0. The van der Waals surface area contributed by atoms with Crippen molar-refractivity contribution in [3.63, 3.8) is 0 Å². The SMILES string of the molecule is CC(C(=O)Nc1ccccc1C#N)N1CCCC1CO. The van der Waals surface area contributed by atoms with Gasteiger partial charge in [0.15, 0.2) is 0 Å². The van der Waals surface area contributed by atoms with Gasteiger partial charge in [-0.25, -0.2) is 0 Å². The van der Waals surface area contributed by atoms with Crippen LogP contribution in [0.3, 0.4) is 0 Å². The number of anilines is 1. The van der Waals surface area contributed by atoms with Crippen molar-refractivity contribution in [1.82, 2.24) is 4.90 Å². The van der Waals surface area contributed by atoms with E-state index in [1.807, 2.05) is 11.8 Å². The first-order valence-corrected chi connectivity index (χ1v) is 6.84. The predicted molar refractivity (Wildman–Crippen MR) is 76.1 cm³/mol. The van der Waals surface area contributed by atoms with Gasteiger partial charge < -0.3 is 10.4 Å². The van der Waals surface area contributed by atoms with E-state index in [2.05, 4.69) is 11.4 Å². The van der Waals surface area contributed by atoms with E-state index in [9.17, 15) is 9.90 Å². The van der Waals surface area contributed by atoms with E-state index in [-0.39, 0.29) is 24.6 Å². The highest BCUT2D eigenvalue weighted by atomic mass is 16.3. The fourth-order valence-electron chi connectivity index (χ4n) is 2.64. The Morgan fingerprint density at radius 2 is 2.35 bits per heavy atom. The lowest BCUT2D eigenvalue weighted by molar-refractivity contribution is -0.121. The van der Waals surface area contributed by atoms with E-state index in [1.54, 1.807) is 24.3 Å². The number of aliphatic hydroxyl groups is 1. The number of likely N-dealkylation sites (tertiary alicyclic amines) is 1. The minimum absolute atomic E-state index is 0.0574. The molecule has 1 aliphatic rings. The predicted octanol–water partition coefficient (Wildman–Crippen LogP) is 1.34. The zero-order chi connectivity index (χ0) is 14.5. The Morgan fingerprint density at radius 1 is 1.60 bits per heavy atom. The van der Waals surface area contributed by atoms with E-state index in [1.165, 1.54) is 0 Å². The number of para-hydroxylation sites is 1. The van der Waals surface area contributed by atoms with E-state index in [4.69, 9.17) is 5.26 Å². The third kappa shape index (κ3) is 2.98. The summed E-state index contributed by atoms with van der Waals surface area (Å²) in [7, 11) is 0. The minimum Gasteiger partial charge on any atom is -0.395 e. The third-order valence-electron chi connectivity index (χ3n) is 3.82. The normalized spacial score (nSPS) is 20.4.